The molecule has 0 saturated carbocycles. The van der Waals surface area contributed by atoms with Crippen molar-refractivity contribution in [2.24, 2.45) is 0 Å². The summed E-state index contributed by atoms with van der Waals surface area (Å²) >= 11 is 3.37. The van der Waals surface area contributed by atoms with E-state index >= 15 is 0 Å². The van der Waals surface area contributed by atoms with Crippen molar-refractivity contribution in [2.75, 3.05) is 7.11 Å². The average molecular weight is 254 g/mol. The molecule has 0 aliphatic heterocycles. The maximum Gasteiger partial charge on any atom is 0.133 e. The lowest BCUT2D eigenvalue weighted by Gasteiger charge is -2.06. The number of fused-ring (bicyclic) bond motifs is 1. The Balaban J connectivity index is 2.86. The van der Waals surface area contributed by atoms with Gasteiger partial charge in [0.2, 0.25) is 0 Å². The molecule has 0 spiro atoms. The molecule has 0 radical (unpaired) electrons. The molecule has 1 N–H and O–H groups in total. The second-order valence-electron chi connectivity index (χ2n) is 2.81. The molecule has 1 aromatic carbocycles. The Morgan fingerprint density at radius 1 is 1.36 bits per heavy atom. The van der Waals surface area contributed by atoms with Gasteiger partial charge in [-0.05, 0) is 34.1 Å². The molecule has 72 valence electrons. The molecule has 0 fully saturated rings. The monoisotopic (exact) mass is 253 g/mol. The van der Waals surface area contributed by atoms with E-state index in [9.17, 15) is 5.11 Å². The van der Waals surface area contributed by atoms with Gasteiger partial charge >= 0.3 is 0 Å². The summed E-state index contributed by atoms with van der Waals surface area (Å²) in [6, 6.07) is 5.16. The summed E-state index contributed by atoms with van der Waals surface area (Å²) in [6.45, 7) is 0. The molecule has 0 amide bonds. The van der Waals surface area contributed by atoms with Crippen molar-refractivity contribution in [2.45, 2.75) is 0 Å². The zero-order valence-corrected chi connectivity index (χ0v) is 9.08. The molecule has 3 nitrogen and oxygen atoms in total. The number of halogens is 1. The van der Waals surface area contributed by atoms with E-state index < -0.39 is 0 Å². The number of ether oxygens (including phenoxy) is 1. The summed E-state index contributed by atoms with van der Waals surface area (Å²) in [7, 11) is 1.58. The summed E-state index contributed by atoms with van der Waals surface area (Å²) in [5.74, 6) is 0.876. The van der Waals surface area contributed by atoms with E-state index in [1.165, 1.54) is 0 Å². The fourth-order valence-electron chi connectivity index (χ4n) is 1.33. The van der Waals surface area contributed by atoms with Gasteiger partial charge in [0.25, 0.3) is 0 Å². The van der Waals surface area contributed by atoms with Gasteiger partial charge in [-0.25, -0.2) is 0 Å². The summed E-state index contributed by atoms with van der Waals surface area (Å²) in [5.41, 5.74) is 0.734. The third-order valence-corrected chi connectivity index (χ3v) is 2.79. The van der Waals surface area contributed by atoms with Crippen LogP contribution in [-0.2, 0) is 0 Å². The average Bonchev–Trinajstić information content (AvgIpc) is 2.18. The summed E-state index contributed by atoms with van der Waals surface area (Å²) in [5, 5.41) is 10.3. The van der Waals surface area contributed by atoms with E-state index in [-0.39, 0.29) is 5.75 Å². The topological polar surface area (TPSA) is 42.4 Å². The Morgan fingerprint density at radius 3 is 2.86 bits per heavy atom. The van der Waals surface area contributed by atoms with E-state index in [4.69, 9.17) is 4.74 Å². The van der Waals surface area contributed by atoms with Crippen molar-refractivity contribution < 1.29 is 9.84 Å². The van der Waals surface area contributed by atoms with Gasteiger partial charge in [0.15, 0.2) is 0 Å². The summed E-state index contributed by atoms with van der Waals surface area (Å²) in [6.07, 6.45) is 1.57. The minimum atomic E-state index is 0.195. The molecule has 2 aromatic rings. The molecule has 1 heterocycles. The molecule has 0 atom stereocenters. The molecule has 0 bridgehead atoms. The number of nitrogens with zero attached hydrogens (tertiary/aromatic N) is 1. The van der Waals surface area contributed by atoms with Crippen molar-refractivity contribution in [1.29, 1.82) is 0 Å². The van der Waals surface area contributed by atoms with Gasteiger partial charge in [0.05, 0.1) is 22.5 Å². The molecule has 14 heavy (non-hydrogen) atoms. The number of methoxy groups -OCH3 is 1. The number of hydrogen-bond donors (Lipinski definition) is 1. The highest BCUT2D eigenvalue weighted by Crippen LogP contribution is 2.36. The van der Waals surface area contributed by atoms with Crippen molar-refractivity contribution in [3.8, 4) is 11.5 Å². The fraction of sp³-hybridized carbons (Fsp3) is 0.100. The second-order valence-corrected chi connectivity index (χ2v) is 3.60. The Hall–Kier alpha value is -1.29. The van der Waals surface area contributed by atoms with Crippen LogP contribution >= 0.6 is 15.9 Å². The van der Waals surface area contributed by atoms with Gasteiger partial charge < -0.3 is 9.84 Å². The van der Waals surface area contributed by atoms with Gasteiger partial charge in [-0.1, -0.05) is 0 Å². The molecule has 4 heteroatoms. The minimum absolute atomic E-state index is 0.195. The van der Waals surface area contributed by atoms with Gasteiger partial charge in [-0.3, -0.25) is 4.98 Å². The van der Waals surface area contributed by atoms with Crippen molar-refractivity contribution in [3.05, 3.63) is 28.9 Å². The quantitative estimate of drug-likeness (QED) is 0.850. The van der Waals surface area contributed by atoms with Crippen LogP contribution in [0.5, 0.6) is 11.5 Å². The largest absolute Gasteiger partial charge is 0.507 e. The third-order valence-electron chi connectivity index (χ3n) is 2.01. The number of benzene rings is 1. The highest BCUT2D eigenvalue weighted by Gasteiger charge is 2.09. The first-order chi connectivity index (χ1) is 6.74. The van der Waals surface area contributed by atoms with Crippen LogP contribution in [-0.4, -0.2) is 17.2 Å². The highest BCUT2D eigenvalue weighted by molar-refractivity contribution is 9.10. The van der Waals surface area contributed by atoms with Crippen LogP contribution in [0.15, 0.2) is 28.9 Å². The highest BCUT2D eigenvalue weighted by atomic mass is 79.9. The first-order valence-electron chi connectivity index (χ1n) is 4.04. The predicted octanol–water partition coefficient (Wildman–Crippen LogP) is 2.71. The number of pyridine rings is 1. The lowest BCUT2D eigenvalue weighted by Crippen LogP contribution is -1.87. The fourth-order valence-corrected chi connectivity index (χ4v) is 2.03. The summed E-state index contributed by atoms with van der Waals surface area (Å²) < 4.78 is 5.85. The van der Waals surface area contributed by atoms with Gasteiger partial charge in [0.1, 0.15) is 11.5 Å². The molecule has 0 unspecified atom stereocenters. The Labute approximate surface area is 89.5 Å². The van der Waals surface area contributed by atoms with E-state index in [0.717, 1.165) is 9.99 Å². The normalized spacial score (nSPS) is 10.4. The van der Waals surface area contributed by atoms with Crippen LogP contribution in [0.4, 0.5) is 0 Å². The molecular formula is C10H8BrNO2. The Kier molecular flexibility index (Phi) is 2.29. The van der Waals surface area contributed by atoms with Crippen LogP contribution in [0.3, 0.4) is 0 Å². The number of aromatic nitrogens is 1. The van der Waals surface area contributed by atoms with E-state index in [2.05, 4.69) is 20.9 Å². The van der Waals surface area contributed by atoms with Crippen LogP contribution in [0.25, 0.3) is 10.9 Å². The van der Waals surface area contributed by atoms with Gasteiger partial charge in [-0.15, -0.1) is 0 Å². The third kappa shape index (κ3) is 1.32. The van der Waals surface area contributed by atoms with Crippen molar-refractivity contribution in [1.82, 2.24) is 4.98 Å². The van der Waals surface area contributed by atoms with Crippen LogP contribution in [0.2, 0.25) is 0 Å². The second kappa shape index (κ2) is 3.46. The van der Waals surface area contributed by atoms with Crippen molar-refractivity contribution in [3.63, 3.8) is 0 Å². The van der Waals surface area contributed by atoms with Crippen molar-refractivity contribution >= 4 is 26.8 Å². The maximum atomic E-state index is 9.65. The van der Waals surface area contributed by atoms with Crippen LogP contribution in [0, 0.1) is 0 Å². The SMILES string of the molecule is COc1ccc2nccc(O)c2c1Br. The van der Waals surface area contributed by atoms with Crippen LogP contribution < -0.4 is 4.74 Å². The molecular weight excluding hydrogens is 246 g/mol. The Bertz CT molecular complexity index is 485. The zero-order valence-electron chi connectivity index (χ0n) is 7.49. The van der Waals surface area contributed by atoms with Gasteiger partial charge in [0, 0.05) is 6.20 Å². The summed E-state index contributed by atoms with van der Waals surface area (Å²) in [4.78, 5) is 4.13. The maximum absolute atomic E-state index is 9.65. The molecule has 0 saturated heterocycles. The number of hydrogen-bond acceptors (Lipinski definition) is 3. The van der Waals surface area contributed by atoms with E-state index in [0.29, 0.717) is 11.1 Å². The van der Waals surface area contributed by atoms with E-state index in [1.54, 1.807) is 31.5 Å². The first-order valence-corrected chi connectivity index (χ1v) is 4.83. The van der Waals surface area contributed by atoms with Crippen LogP contribution in [0.1, 0.15) is 0 Å². The zero-order chi connectivity index (χ0) is 10.1. The first kappa shape index (κ1) is 9.27. The molecule has 0 aliphatic carbocycles. The minimum Gasteiger partial charge on any atom is -0.507 e. The number of rotatable bonds is 1. The molecule has 2 rings (SSSR count). The molecule has 0 aliphatic rings. The standard InChI is InChI=1S/C10H8BrNO2/c1-14-8-3-2-6-9(10(8)11)7(13)4-5-12-6/h2-5H,1H3,(H,12,13). The predicted molar refractivity (Wildman–Crippen MR) is 57.7 cm³/mol. The lowest BCUT2D eigenvalue weighted by atomic mass is 10.2. The smallest absolute Gasteiger partial charge is 0.133 e. The van der Waals surface area contributed by atoms with Gasteiger partial charge in [-0.2, -0.15) is 0 Å². The molecule has 1 aromatic heterocycles. The lowest BCUT2D eigenvalue weighted by molar-refractivity contribution is 0.412. The van der Waals surface area contributed by atoms with E-state index in [1.807, 2.05) is 0 Å². The Morgan fingerprint density at radius 2 is 2.14 bits per heavy atom. The number of aromatic hydroxyl groups is 1.